The smallest absolute Gasteiger partial charge is 0.303 e. The van der Waals surface area contributed by atoms with E-state index < -0.39 is 5.97 Å². The van der Waals surface area contributed by atoms with Crippen molar-refractivity contribution >= 4 is 17.6 Å². The predicted octanol–water partition coefficient (Wildman–Crippen LogP) is 1.98. The van der Waals surface area contributed by atoms with E-state index in [1.165, 1.54) is 0 Å². The topological polar surface area (TPSA) is 78.8 Å². The van der Waals surface area contributed by atoms with E-state index in [1.54, 1.807) is 6.92 Å². The molecule has 0 atom stereocenters. The van der Waals surface area contributed by atoms with Crippen molar-refractivity contribution in [2.45, 2.75) is 32.6 Å². The number of carbonyl (C=O) groups is 2. The Kier molecular flexibility index (Phi) is 6.29. The van der Waals surface area contributed by atoms with Crippen molar-refractivity contribution in [2.24, 2.45) is 5.10 Å². The first-order valence-corrected chi connectivity index (χ1v) is 6.15. The van der Waals surface area contributed by atoms with Gasteiger partial charge in [0.2, 0.25) is 5.91 Å². The van der Waals surface area contributed by atoms with Gasteiger partial charge in [-0.25, -0.2) is 5.43 Å². The van der Waals surface area contributed by atoms with Gasteiger partial charge in [-0.2, -0.15) is 5.10 Å². The number of aliphatic carboxylic acids is 1. The second kappa shape index (κ2) is 8.02. The van der Waals surface area contributed by atoms with Crippen LogP contribution in [-0.4, -0.2) is 22.7 Å². The Morgan fingerprint density at radius 2 is 1.89 bits per heavy atom. The molecule has 0 saturated heterocycles. The summed E-state index contributed by atoms with van der Waals surface area (Å²) in [7, 11) is 0. The molecule has 0 aromatic heterocycles. The van der Waals surface area contributed by atoms with Gasteiger partial charge in [-0.05, 0) is 25.3 Å². The Labute approximate surface area is 112 Å². The Morgan fingerprint density at radius 3 is 2.53 bits per heavy atom. The SMILES string of the molecule is C/C(CCCC(=O)O)=N\NC(=O)Cc1ccccc1. The van der Waals surface area contributed by atoms with Gasteiger partial charge in [0.15, 0.2) is 0 Å². The molecule has 0 bridgehead atoms. The van der Waals surface area contributed by atoms with E-state index in [1.807, 2.05) is 30.3 Å². The molecule has 0 aliphatic rings. The Morgan fingerprint density at radius 1 is 1.21 bits per heavy atom. The fourth-order valence-electron chi connectivity index (χ4n) is 1.53. The van der Waals surface area contributed by atoms with Gasteiger partial charge in [0, 0.05) is 12.1 Å². The van der Waals surface area contributed by atoms with Gasteiger partial charge in [0.05, 0.1) is 6.42 Å². The van der Waals surface area contributed by atoms with Gasteiger partial charge >= 0.3 is 5.97 Å². The molecule has 102 valence electrons. The molecule has 1 rings (SSSR count). The monoisotopic (exact) mass is 262 g/mol. The lowest BCUT2D eigenvalue weighted by molar-refractivity contribution is -0.137. The molecule has 0 fully saturated rings. The highest BCUT2D eigenvalue weighted by atomic mass is 16.4. The highest BCUT2D eigenvalue weighted by Crippen LogP contribution is 2.00. The van der Waals surface area contributed by atoms with Crippen LogP contribution in [0.25, 0.3) is 0 Å². The molecular formula is C14H18N2O3. The summed E-state index contributed by atoms with van der Waals surface area (Å²) in [4.78, 5) is 21.9. The molecule has 0 spiro atoms. The van der Waals surface area contributed by atoms with E-state index in [9.17, 15) is 9.59 Å². The van der Waals surface area contributed by atoms with E-state index in [-0.39, 0.29) is 18.7 Å². The molecule has 2 N–H and O–H groups in total. The van der Waals surface area contributed by atoms with Gasteiger partial charge in [-0.15, -0.1) is 0 Å². The van der Waals surface area contributed by atoms with Crippen molar-refractivity contribution in [3.05, 3.63) is 35.9 Å². The van der Waals surface area contributed by atoms with Crippen molar-refractivity contribution in [3.8, 4) is 0 Å². The number of carboxylic acid groups (broad SMARTS) is 1. The fraction of sp³-hybridized carbons (Fsp3) is 0.357. The van der Waals surface area contributed by atoms with Crippen molar-refractivity contribution in [2.75, 3.05) is 0 Å². The van der Waals surface area contributed by atoms with Crippen LogP contribution >= 0.6 is 0 Å². The van der Waals surface area contributed by atoms with Gasteiger partial charge in [0.1, 0.15) is 0 Å². The number of amides is 1. The number of hydrazone groups is 1. The normalized spacial score (nSPS) is 11.1. The molecule has 19 heavy (non-hydrogen) atoms. The molecule has 0 aliphatic heterocycles. The quantitative estimate of drug-likeness (QED) is 0.582. The molecule has 0 unspecified atom stereocenters. The number of carboxylic acids is 1. The van der Waals surface area contributed by atoms with Gasteiger partial charge in [-0.3, -0.25) is 9.59 Å². The molecule has 0 saturated carbocycles. The summed E-state index contributed by atoms with van der Waals surface area (Å²) < 4.78 is 0. The van der Waals surface area contributed by atoms with Crippen LogP contribution in [0.3, 0.4) is 0 Å². The highest BCUT2D eigenvalue weighted by molar-refractivity contribution is 5.85. The molecule has 0 heterocycles. The van der Waals surface area contributed by atoms with E-state index >= 15 is 0 Å². The Hall–Kier alpha value is -2.17. The average molecular weight is 262 g/mol. The lowest BCUT2D eigenvalue weighted by atomic mass is 10.1. The van der Waals surface area contributed by atoms with Crippen molar-refractivity contribution in [1.82, 2.24) is 5.43 Å². The van der Waals surface area contributed by atoms with Crippen LogP contribution in [0.15, 0.2) is 35.4 Å². The van der Waals surface area contributed by atoms with Crippen LogP contribution < -0.4 is 5.43 Å². The molecule has 1 amide bonds. The van der Waals surface area contributed by atoms with Crippen molar-refractivity contribution in [3.63, 3.8) is 0 Å². The second-order valence-electron chi connectivity index (χ2n) is 4.29. The van der Waals surface area contributed by atoms with Crippen molar-refractivity contribution < 1.29 is 14.7 Å². The summed E-state index contributed by atoms with van der Waals surface area (Å²) in [5.41, 5.74) is 4.12. The summed E-state index contributed by atoms with van der Waals surface area (Å²) in [5, 5.41) is 12.4. The lowest BCUT2D eigenvalue weighted by Gasteiger charge is -2.02. The van der Waals surface area contributed by atoms with Gasteiger partial charge in [-0.1, -0.05) is 30.3 Å². The molecule has 5 nitrogen and oxygen atoms in total. The minimum atomic E-state index is -0.819. The summed E-state index contributed by atoms with van der Waals surface area (Å²) in [6.07, 6.45) is 1.49. The summed E-state index contributed by atoms with van der Waals surface area (Å²) >= 11 is 0. The third-order valence-corrected chi connectivity index (χ3v) is 2.51. The summed E-state index contributed by atoms with van der Waals surface area (Å²) in [5.74, 6) is -0.996. The number of nitrogens with zero attached hydrogens (tertiary/aromatic N) is 1. The average Bonchev–Trinajstić information content (AvgIpc) is 2.37. The maximum atomic E-state index is 11.6. The van der Waals surface area contributed by atoms with E-state index in [2.05, 4.69) is 10.5 Å². The molecule has 0 radical (unpaired) electrons. The first-order valence-electron chi connectivity index (χ1n) is 6.15. The van der Waals surface area contributed by atoms with Crippen LogP contribution in [0.1, 0.15) is 31.7 Å². The van der Waals surface area contributed by atoms with E-state index in [4.69, 9.17) is 5.11 Å². The van der Waals surface area contributed by atoms with Gasteiger partial charge < -0.3 is 5.11 Å². The number of nitrogens with one attached hydrogen (secondary N) is 1. The third-order valence-electron chi connectivity index (χ3n) is 2.51. The lowest BCUT2D eigenvalue weighted by Crippen LogP contribution is -2.21. The Bertz CT molecular complexity index is 455. The van der Waals surface area contributed by atoms with Crippen LogP contribution in [0.4, 0.5) is 0 Å². The largest absolute Gasteiger partial charge is 0.481 e. The third kappa shape index (κ3) is 6.98. The molecule has 1 aromatic carbocycles. The van der Waals surface area contributed by atoms with Crippen LogP contribution in [0, 0.1) is 0 Å². The Balaban J connectivity index is 2.30. The van der Waals surface area contributed by atoms with Gasteiger partial charge in [0.25, 0.3) is 0 Å². The van der Waals surface area contributed by atoms with E-state index in [0.717, 1.165) is 11.3 Å². The zero-order valence-electron chi connectivity index (χ0n) is 10.9. The molecular weight excluding hydrogens is 244 g/mol. The van der Waals surface area contributed by atoms with Crippen LogP contribution in [0.5, 0.6) is 0 Å². The van der Waals surface area contributed by atoms with Crippen molar-refractivity contribution in [1.29, 1.82) is 0 Å². The zero-order chi connectivity index (χ0) is 14.1. The maximum Gasteiger partial charge on any atom is 0.303 e. The second-order valence-corrected chi connectivity index (χ2v) is 4.29. The zero-order valence-corrected chi connectivity index (χ0v) is 10.9. The maximum absolute atomic E-state index is 11.6. The number of rotatable bonds is 7. The number of hydrogen-bond acceptors (Lipinski definition) is 3. The van der Waals surface area contributed by atoms with Crippen LogP contribution in [-0.2, 0) is 16.0 Å². The van der Waals surface area contributed by atoms with E-state index in [0.29, 0.717) is 12.8 Å². The fourth-order valence-corrected chi connectivity index (χ4v) is 1.53. The minimum absolute atomic E-state index is 0.116. The number of carbonyl (C=O) groups excluding carboxylic acids is 1. The number of benzene rings is 1. The first-order chi connectivity index (χ1) is 9.08. The predicted molar refractivity (Wildman–Crippen MR) is 72.9 cm³/mol. The standard InChI is InChI=1S/C14H18N2O3/c1-11(6-5-9-14(18)19)15-16-13(17)10-12-7-3-2-4-8-12/h2-4,7-8H,5-6,9-10H2,1H3,(H,16,17)(H,18,19)/b15-11+. The minimum Gasteiger partial charge on any atom is -0.481 e. The number of hydrogen-bond donors (Lipinski definition) is 2. The molecule has 5 heteroatoms. The summed E-state index contributed by atoms with van der Waals surface area (Å²) in [6.45, 7) is 1.77. The molecule has 1 aromatic rings. The first kappa shape index (κ1) is 14.9. The summed E-state index contributed by atoms with van der Waals surface area (Å²) in [6, 6.07) is 9.41. The molecule has 0 aliphatic carbocycles. The van der Waals surface area contributed by atoms with Crippen LogP contribution in [0.2, 0.25) is 0 Å². The highest BCUT2D eigenvalue weighted by Gasteiger charge is 2.02.